The van der Waals surface area contributed by atoms with E-state index >= 15 is 0 Å². The second-order valence-corrected chi connectivity index (χ2v) is 6.52. The van der Waals surface area contributed by atoms with Gasteiger partial charge in [0.05, 0.1) is 31.0 Å². The zero-order valence-corrected chi connectivity index (χ0v) is 15.1. The summed E-state index contributed by atoms with van der Waals surface area (Å²) in [4.78, 5) is 19.3. The van der Waals surface area contributed by atoms with Gasteiger partial charge in [0.25, 0.3) is 0 Å². The highest BCUT2D eigenvalue weighted by Crippen LogP contribution is 2.33. The number of rotatable bonds is 5. The molecule has 2 aliphatic heterocycles. The van der Waals surface area contributed by atoms with Crippen LogP contribution in [0.25, 0.3) is 0 Å². The van der Waals surface area contributed by atoms with E-state index in [0.717, 1.165) is 29.4 Å². The van der Waals surface area contributed by atoms with E-state index < -0.39 is 0 Å². The van der Waals surface area contributed by atoms with Crippen molar-refractivity contribution in [3.05, 3.63) is 41.5 Å². The number of fused-ring (bicyclic) bond motifs is 2. The van der Waals surface area contributed by atoms with E-state index in [-0.39, 0.29) is 18.7 Å². The molecule has 7 nitrogen and oxygen atoms in total. The Balaban J connectivity index is 1.46. The highest BCUT2D eigenvalue weighted by atomic mass is 16.7. The zero-order valence-electron chi connectivity index (χ0n) is 15.1. The molecular weight excluding hydrogens is 334 g/mol. The molecule has 3 heterocycles. The summed E-state index contributed by atoms with van der Waals surface area (Å²) in [6.45, 7) is 6.90. The van der Waals surface area contributed by atoms with Crippen molar-refractivity contribution in [1.29, 1.82) is 0 Å². The Kier molecular flexibility index (Phi) is 4.55. The molecule has 1 amide bonds. The molecule has 1 aromatic carbocycles. The molecule has 138 valence electrons. The third-order valence-electron chi connectivity index (χ3n) is 4.94. The van der Waals surface area contributed by atoms with Crippen molar-refractivity contribution < 1.29 is 19.0 Å². The molecule has 0 spiro atoms. The van der Waals surface area contributed by atoms with Gasteiger partial charge >= 0.3 is 0 Å². The molecule has 0 N–H and O–H groups in total. The Labute approximate surface area is 152 Å². The molecule has 1 aromatic heterocycles. The number of amides is 1. The van der Waals surface area contributed by atoms with Crippen LogP contribution in [0.4, 0.5) is 0 Å². The number of ether oxygens (including phenoxy) is 3. The van der Waals surface area contributed by atoms with Crippen LogP contribution in [0.2, 0.25) is 0 Å². The van der Waals surface area contributed by atoms with Crippen LogP contribution in [0, 0.1) is 0 Å². The minimum Gasteiger partial charge on any atom is -0.454 e. The first kappa shape index (κ1) is 16.9. The van der Waals surface area contributed by atoms with E-state index in [1.54, 1.807) is 0 Å². The van der Waals surface area contributed by atoms with Gasteiger partial charge in [-0.15, -0.1) is 0 Å². The lowest BCUT2D eigenvalue weighted by Crippen LogP contribution is -2.42. The summed E-state index contributed by atoms with van der Waals surface area (Å²) in [6.07, 6.45) is 2.20. The molecule has 0 fully saturated rings. The van der Waals surface area contributed by atoms with Crippen molar-refractivity contribution >= 4 is 5.91 Å². The van der Waals surface area contributed by atoms with Crippen molar-refractivity contribution in [2.24, 2.45) is 0 Å². The molecule has 26 heavy (non-hydrogen) atoms. The maximum atomic E-state index is 12.9. The van der Waals surface area contributed by atoms with E-state index in [1.165, 1.54) is 0 Å². The topological polar surface area (TPSA) is 65.8 Å². The second kappa shape index (κ2) is 6.99. The minimum absolute atomic E-state index is 0.0550. The Bertz CT molecular complexity index is 817. The number of carbonyl (C=O) groups is 1. The smallest absolute Gasteiger partial charge is 0.231 e. The molecule has 0 saturated carbocycles. The fourth-order valence-corrected chi connectivity index (χ4v) is 3.55. The Hall–Kier alpha value is -2.54. The molecule has 0 unspecified atom stereocenters. The fourth-order valence-electron chi connectivity index (χ4n) is 3.55. The lowest BCUT2D eigenvalue weighted by atomic mass is 10.1. The van der Waals surface area contributed by atoms with Crippen LogP contribution in [0.3, 0.4) is 0 Å². The van der Waals surface area contributed by atoms with Crippen molar-refractivity contribution in [2.75, 3.05) is 19.9 Å². The van der Waals surface area contributed by atoms with Crippen molar-refractivity contribution in [1.82, 2.24) is 14.5 Å². The lowest BCUT2D eigenvalue weighted by molar-refractivity contribution is -0.133. The van der Waals surface area contributed by atoms with E-state index in [0.29, 0.717) is 31.9 Å². The fraction of sp³-hybridized carbons (Fsp3) is 0.474. The summed E-state index contributed by atoms with van der Waals surface area (Å²) in [6, 6.07) is 5.61. The Morgan fingerprint density at radius 2 is 2.15 bits per heavy atom. The highest BCUT2D eigenvalue weighted by molar-refractivity contribution is 5.79. The van der Waals surface area contributed by atoms with E-state index in [1.807, 2.05) is 43.1 Å². The van der Waals surface area contributed by atoms with Gasteiger partial charge in [-0.3, -0.25) is 4.79 Å². The predicted molar refractivity (Wildman–Crippen MR) is 94.0 cm³/mol. The number of nitrogens with zero attached hydrogens (tertiary/aromatic N) is 3. The highest BCUT2D eigenvalue weighted by Gasteiger charge is 2.30. The largest absolute Gasteiger partial charge is 0.454 e. The van der Waals surface area contributed by atoms with Crippen molar-refractivity contribution in [2.45, 2.75) is 39.5 Å². The first-order valence-electron chi connectivity index (χ1n) is 8.97. The van der Waals surface area contributed by atoms with Crippen LogP contribution >= 0.6 is 0 Å². The average Bonchev–Trinajstić information content (AvgIpc) is 3.26. The third kappa shape index (κ3) is 3.03. The summed E-state index contributed by atoms with van der Waals surface area (Å²) in [5.41, 5.74) is 1.99. The maximum Gasteiger partial charge on any atom is 0.231 e. The van der Waals surface area contributed by atoms with Crippen LogP contribution in [-0.2, 0) is 29.1 Å². The van der Waals surface area contributed by atoms with Crippen molar-refractivity contribution in [3.63, 3.8) is 0 Å². The Morgan fingerprint density at radius 1 is 1.31 bits per heavy atom. The van der Waals surface area contributed by atoms with Gasteiger partial charge in [-0.25, -0.2) is 4.98 Å². The Morgan fingerprint density at radius 3 is 3.00 bits per heavy atom. The van der Waals surface area contributed by atoms with E-state index in [2.05, 4.69) is 9.55 Å². The number of hydrogen-bond acceptors (Lipinski definition) is 5. The van der Waals surface area contributed by atoms with E-state index in [4.69, 9.17) is 14.2 Å². The molecule has 0 aliphatic carbocycles. The first-order chi connectivity index (χ1) is 12.7. The third-order valence-corrected chi connectivity index (χ3v) is 4.94. The minimum atomic E-state index is -0.0550. The predicted octanol–water partition coefficient (Wildman–Crippen LogP) is 2.29. The van der Waals surface area contributed by atoms with E-state index in [9.17, 15) is 4.79 Å². The van der Waals surface area contributed by atoms with Crippen LogP contribution in [0.5, 0.6) is 11.5 Å². The van der Waals surface area contributed by atoms with Gasteiger partial charge in [0, 0.05) is 19.7 Å². The molecule has 0 saturated heterocycles. The van der Waals surface area contributed by atoms with Crippen LogP contribution in [-0.4, -0.2) is 40.3 Å². The normalized spacial score (nSPS) is 18.1. The summed E-state index contributed by atoms with van der Waals surface area (Å²) < 4.78 is 18.4. The van der Waals surface area contributed by atoms with Crippen LogP contribution in [0.15, 0.2) is 24.4 Å². The molecule has 4 rings (SSSR count). The van der Waals surface area contributed by atoms with Crippen LogP contribution in [0.1, 0.15) is 37.0 Å². The monoisotopic (exact) mass is 357 g/mol. The standard InChI is InChI=1S/C19H23N3O4/c1-3-24-11-15-10-20-19-13(2)21(6-7-22(15)19)18(23)9-14-4-5-16-17(8-14)26-12-25-16/h4-5,8,10,13H,3,6-7,9,11-12H2,1-2H3/t13-/m0/s1. The average molecular weight is 357 g/mol. The number of benzene rings is 1. The van der Waals surface area contributed by atoms with Gasteiger partial charge in [-0.05, 0) is 31.5 Å². The molecule has 2 aromatic rings. The van der Waals surface area contributed by atoms with Gasteiger partial charge in [-0.1, -0.05) is 6.07 Å². The number of aromatic nitrogens is 2. The molecule has 0 radical (unpaired) electrons. The summed E-state index contributed by atoms with van der Waals surface area (Å²) in [5.74, 6) is 2.46. The van der Waals surface area contributed by atoms with Gasteiger partial charge < -0.3 is 23.7 Å². The number of imidazole rings is 1. The van der Waals surface area contributed by atoms with Crippen LogP contribution < -0.4 is 9.47 Å². The number of hydrogen-bond donors (Lipinski definition) is 0. The first-order valence-corrected chi connectivity index (χ1v) is 8.97. The van der Waals surface area contributed by atoms with Gasteiger partial charge in [0.15, 0.2) is 11.5 Å². The van der Waals surface area contributed by atoms with Crippen molar-refractivity contribution in [3.8, 4) is 11.5 Å². The molecule has 1 atom stereocenters. The van der Waals surface area contributed by atoms with Gasteiger partial charge in [-0.2, -0.15) is 0 Å². The lowest BCUT2D eigenvalue weighted by Gasteiger charge is -2.34. The molecule has 0 bridgehead atoms. The van der Waals surface area contributed by atoms with Gasteiger partial charge in [0.2, 0.25) is 12.7 Å². The summed E-state index contributed by atoms with van der Waals surface area (Å²) in [5, 5.41) is 0. The summed E-state index contributed by atoms with van der Waals surface area (Å²) >= 11 is 0. The molecular formula is C19H23N3O4. The quantitative estimate of drug-likeness (QED) is 0.821. The SMILES string of the molecule is CCOCc1cnc2n1CCN(C(=O)Cc1ccc3c(c1)OCO3)[C@H]2C. The summed E-state index contributed by atoms with van der Waals surface area (Å²) in [7, 11) is 0. The van der Waals surface area contributed by atoms with Gasteiger partial charge in [0.1, 0.15) is 5.82 Å². The molecule has 2 aliphatic rings. The maximum absolute atomic E-state index is 12.9. The second-order valence-electron chi connectivity index (χ2n) is 6.52. The zero-order chi connectivity index (χ0) is 18.1. The number of carbonyl (C=O) groups excluding carboxylic acids is 1. The molecule has 7 heteroatoms.